The van der Waals surface area contributed by atoms with E-state index in [1.807, 2.05) is 0 Å². The van der Waals surface area contributed by atoms with Crippen molar-refractivity contribution in [3.8, 4) is 5.88 Å². The highest BCUT2D eigenvalue weighted by molar-refractivity contribution is 5.80. The van der Waals surface area contributed by atoms with Gasteiger partial charge in [-0.05, 0) is 12.1 Å². The first kappa shape index (κ1) is 15.0. The fraction of sp³-hybridized carbons (Fsp3) is 0.500. The largest absolute Gasteiger partial charge is 0.479 e. The number of hydrogen-bond acceptors (Lipinski definition) is 6. The molecule has 106 valence electrons. The number of carbonyl (C=O) groups excluding carboxylic acids is 1. The number of nitrogen functional groups attached to an aromatic ring is 1. The van der Waals surface area contributed by atoms with Gasteiger partial charge >= 0.3 is 0 Å². The summed E-state index contributed by atoms with van der Waals surface area (Å²) in [6.07, 6.45) is 0. The van der Waals surface area contributed by atoms with Gasteiger partial charge in [-0.25, -0.2) is 0 Å². The third-order valence-corrected chi connectivity index (χ3v) is 2.47. The maximum Gasteiger partial charge on any atom is 0.239 e. The van der Waals surface area contributed by atoms with Crippen molar-refractivity contribution in [3.63, 3.8) is 0 Å². The van der Waals surface area contributed by atoms with E-state index >= 15 is 0 Å². The van der Waals surface area contributed by atoms with Crippen molar-refractivity contribution >= 4 is 17.4 Å². The SMILES string of the molecule is COCCNC(=O)CN(C)c1ccc(N)c(OC)n1. The smallest absolute Gasteiger partial charge is 0.239 e. The van der Waals surface area contributed by atoms with Crippen LogP contribution in [0.4, 0.5) is 11.5 Å². The molecule has 1 amide bonds. The van der Waals surface area contributed by atoms with Gasteiger partial charge in [0.1, 0.15) is 5.82 Å². The molecule has 0 aliphatic rings. The molecular weight excluding hydrogens is 248 g/mol. The van der Waals surface area contributed by atoms with Crippen LogP contribution in [0.15, 0.2) is 12.1 Å². The molecule has 0 saturated carbocycles. The minimum atomic E-state index is -0.0999. The zero-order valence-electron chi connectivity index (χ0n) is 11.5. The second-order valence-corrected chi connectivity index (χ2v) is 3.97. The van der Waals surface area contributed by atoms with Crippen molar-refractivity contribution in [1.29, 1.82) is 0 Å². The summed E-state index contributed by atoms with van der Waals surface area (Å²) in [7, 11) is 4.86. The number of nitrogens with one attached hydrogen (secondary N) is 1. The molecule has 19 heavy (non-hydrogen) atoms. The lowest BCUT2D eigenvalue weighted by Gasteiger charge is -2.18. The quantitative estimate of drug-likeness (QED) is 0.670. The average Bonchev–Trinajstić information content (AvgIpc) is 2.39. The Balaban J connectivity index is 2.57. The van der Waals surface area contributed by atoms with Crippen molar-refractivity contribution in [1.82, 2.24) is 10.3 Å². The van der Waals surface area contributed by atoms with Crippen LogP contribution in [0, 0.1) is 0 Å². The number of hydrogen-bond donors (Lipinski definition) is 2. The molecule has 0 bridgehead atoms. The molecule has 1 aromatic rings. The van der Waals surface area contributed by atoms with Gasteiger partial charge in [-0.15, -0.1) is 0 Å². The van der Waals surface area contributed by atoms with Gasteiger partial charge in [0.2, 0.25) is 11.8 Å². The van der Waals surface area contributed by atoms with Gasteiger partial charge < -0.3 is 25.4 Å². The topological polar surface area (TPSA) is 89.7 Å². The Hall–Kier alpha value is -2.02. The summed E-state index contributed by atoms with van der Waals surface area (Å²) in [5.74, 6) is 0.870. The number of rotatable bonds is 7. The molecule has 1 aromatic heterocycles. The van der Waals surface area contributed by atoms with Crippen molar-refractivity contribution < 1.29 is 14.3 Å². The number of ether oxygens (including phenoxy) is 2. The Morgan fingerprint density at radius 1 is 1.47 bits per heavy atom. The maximum absolute atomic E-state index is 11.6. The summed E-state index contributed by atoms with van der Waals surface area (Å²) in [5, 5.41) is 2.73. The fourth-order valence-electron chi connectivity index (χ4n) is 1.46. The van der Waals surface area contributed by atoms with Crippen LogP contribution in [0.3, 0.4) is 0 Å². The van der Waals surface area contributed by atoms with E-state index in [4.69, 9.17) is 15.2 Å². The number of amides is 1. The van der Waals surface area contributed by atoms with Crippen molar-refractivity contribution in [2.24, 2.45) is 0 Å². The standard InChI is InChI=1S/C12H20N4O3/c1-16(8-11(17)14-6-7-18-2)10-5-4-9(13)12(15-10)19-3/h4-5H,6-8,13H2,1-3H3,(H,14,17). The summed E-state index contributed by atoms with van der Waals surface area (Å²) in [5.41, 5.74) is 6.15. The van der Waals surface area contributed by atoms with E-state index in [-0.39, 0.29) is 12.5 Å². The summed E-state index contributed by atoms with van der Waals surface area (Å²) in [6, 6.07) is 3.43. The molecule has 0 atom stereocenters. The Morgan fingerprint density at radius 2 is 2.21 bits per heavy atom. The van der Waals surface area contributed by atoms with E-state index in [1.54, 1.807) is 31.2 Å². The second kappa shape index (κ2) is 7.42. The van der Waals surface area contributed by atoms with Gasteiger partial charge in [-0.1, -0.05) is 0 Å². The van der Waals surface area contributed by atoms with E-state index in [2.05, 4.69) is 10.3 Å². The highest BCUT2D eigenvalue weighted by Crippen LogP contribution is 2.21. The van der Waals surface area contributed by atoms with Gasteiger partial charge in [-0.3, -0.25) is 4.79 Å². The molecule has 0 fully saturated rings. The van der Waals surface area contributed by atoms with Crippen LogP contribution in [-0.4, -0.2) is 51.9 Å². The molecule has 0 spiro atoms. The monoisotopic (exact) mass is 268 g/mol. The molecule has 1 rings (SSSR count). The molecule has 3 N–H and O–H groups in total. The molecule has 0 aliphatic carbocycles. The van der Waals surface area contributed by atoms with Crippen LogP contribution in [0.25, 0.3) is 0 Å². The summed E-state index contributed by atoms with van der Waals surface area (Å²) in [6.45, 7) is 1.18. The first-order chi connectivity index (χ1) is 9.08. The van der Waals surface area contributed by atoms with E-state index in [0.717, 1.165) is 0 Å². The number of anilines is 2. The normalized spacial score (nSPS) is 10.1. The highest BCUT2D eigenvalue weighted by atomic mass is 16.5. The molecule has 0 saturated heterocycles. The fourth-order valence-corrected chi connectivity index (χ4v) is 1.46. The van der Waals surface area contributed by atoms with Crippen molar-refractivity contribution in [3.05, 3.63) is 12.1 Å². The summed E-state index contributed by atoms with van der Waals surface area (Å²) < 4.78 is 9.89. The molecule has 7 nitrogen and oxygen atoms in total. The van der Waals surface area contributed by atoms with Crippen LogP contribution in [0.1, 0.15) is 0 Å². The number of methoxy groups -OCH3 is 2. The molecule has 0 radical (unpaired) electrons. The Labute approximate surface area is 112 Å². The van der Waals surface area contributed by atoms with E-state index in [0.29, 0.717) is 30.5 Å². The number of likely N-dealkylation sites (N-methyl/N-ethyl adjacent to an activating group) is 1. The van der Waals surface area contributed by atoms with Gasteiger partial charge in [0.25, 0.3) is 0 Å². The summed E-state index contributed by atoms with van der Waals surface area (Å²) >= 11 is 0. The third-order valence-electron chi connectivity index (χ3n) is 2.47. The number of nitrogens with zero attached hydrogens (tertiary/aromatic N) is 2. The minimum absolute atomic E-state index is 0.0999. The zero-order valence-corrected chi connectivity index (χ0v) is 11.5. The lowest BCUT2D eigenvalue weighted by atomic mass is 10.3. The van der Waals surface area contributed by atoms with Crippen LogP contribution in [-0.2, 0) is 9.53 Å². The van der Waals surface area contributed by atoms with Crippen LogP contribution >= 0.6 is 0 Å². The van der Waals surface area contributed by atoms with E-state index < -0.39 is 0 Å². The van der Waals surface area contributed by atoms with Crippen LogP contribution in [0.2, 0.25) is 0 Å². The van der Waals surface area contributed by atoms with Crippen molar-refractivity contribution in [2.75, 3.05) is 51.6 Å². The van der Waals surface area contributed by atoms with Gasteiger partial charge in [-0.2, -0.15) is 4.98 Å². The number of pyridine rings is 1. The molecule has 0 aliphatic heterocycles. The average molecular weight is 268 g/mol. The van der Waals surface area contributed by atoms with E-state index in [1.165, 1.54) is 7.11 Å². The maximum atomic E-state index is 11.6. The van der Waals surface area contributed by atoms with Gasteiger partial charge in [0.05, 0.1) is 25.9 Å². The predicted octanol–water partition coefficient (Wildman–Crippen LogP) is -0.129. The van der Waals surface area contributed by atoms with Gasteiger partial charge in [0, 0.05) is 20.7 Å². The molecule has 0 aromatic carbocycles. The molecule has 0 unspecified atom stereocenters. The zero-order chi connectivity index (χ0) is 14.3. The number of aromatic nitrogens is 1. The minimum Gasteiger partial charge on any atom is -0.479 e. The first-order valence-corrected chi connectivity index (χ1v) is 5.85. The second-order valence-electron chi connectivity index (χ2n) is 3.97. The Morgan fingerprint density at radius 3 is 2.84 bits per heavy atom. The lowest BCUT2D eigenvalue weighted by molar-refractivity contribution is -0.119. The molecular formula is C12H20N4O3. The lowest BCUT2D eigenvalue weighted by Crippen LogP contribution is -2.37. The third kappa shape index (κ3) is 4.63. The number of carbonyl (C=O) groups is 1. The molecule has 7 heteroatoms. The molecule has 1 heterocycles. The van der Waals surface area contributed by atoms with E-state index in [9.17, 15) is 4.79 Å². The van der Waals surface area contributed by atoms with Crippen molar-refractivity contribution in [2.45, 2.75) is 0 Å². The van der Waals surface area contributed by atoms with Crippen LogP contribution in [0.5, 0.6) is 5.88 Å². The van der Waals surface area contributed by atoms with Gasteiger partial charge in [0.15, 0.2) is 0 Å². The van der Waals surface area contributed by atoms with Crippen LogP contribution < -0.4 is 20.7 Å². The number of nitrogens with two attached hydrogens (primary N) is 1. The summed E-state index contributed by atoms with van der Waals surface area (Å²) in [4.78, 5) is 17.6. The Bertz CT molecular complexity index is 425. The highest BCUT2D eigenvalue weighted by Gasteiger charge is 2.10. The first-order valence-electron chi connectivity index (χ1n) is 5.85. The Kier molecular flexibility index (Phi) is 5.87. The predicted molar refractivity (Wildman–Crippen MR) is 73.4 cm³/mol.